The summed E-state index contributed by atoms with van der Waals surface area (Å²) in [5, 5.41) is 0.966. The van der Waals surface area contributed by atoms with Gasteiger partial charge in [0.25, 0.3) is 0 Å². The van der Waals surface area contributed by atoms with Crippen LogP contribution < -0.4 is 0 Å². The summed E-state index contributed by atoms with van der Waals surface area (Å²) < 4.78 is 27.8. The van der Waals surface area contributed by atoms with Gasteiger partial charge in [0.15, 0.2) is 0 Å². The third kappa shape index (κ3) is 3.77. The van der Waals surface area contributed by atoms with Crippen molar-refractivity contribution in [3.63, 3.8) is 0 Å². The molecule has 0 aliphatic carbocycles. The Bertz CT molecular complexity index is 1070. The minimum Gasteiger partial charge on any atom is -0.241 e. The lowest BCUT2D eigenvalue weighted by Gasteiger charge is -2.25. The van der Waals surface area contributed by atoms with E-state index in [0.717, 1.165) is 34.0 Å². The van der Waals surface area contributed by atoms with Gasteiger partial charge >= 0.3 is 0 Å². The van der Waals surface area contributed by atoms with Crippen molar-refractivity contribution in [3.05, 3.63) is 70.2 Å². The Morgan fingerprint density at radius 3 is 2.46 bits per heavy atom. The van der Waals surface area contributed by atoms with Gasteiger partial charge in [0.1, 0.15) is 5.01 Å². The number of nitrogens with zero attached hydrogens (tertiary/aromatic N) is 2. The minimum absolute atomic E-state index is 0.374. The highest BCUT2D eigenvalue weighted by atomic mass is 32.2. The second-order valence-corrected chi connectivity index (χ2v) is 10.3. The number of aryl methyl sites for hydroxylation is 2. The van der Waals surface area contributed by atoms with Crippen LogP contribution in [0.3, 0.4) is 0 Å². The van der Waals surface area contributed by atoms with Crippen molar-refractivity contribution in [1.82, 2.24) is 9.29 Å². The van der Waals surface area contributed by atoms with Crippen LogP contribution in [0.4, 0.5) is 0 Å². The average Bonchev–Trinajstić information content (AvgIpc) is 3.12. The van der Waals surface area contributed by atoms with E-state index in [0.29, 0.717) is 24.4 Å². The number of thiazole rings is 1. The van der Waals surface area contributed by atoms with Gasteiger partial charge in [-0.1, -0.05) is 55.3 Å². The molecule has 0 saturated heterocycles. The molecule has 2 heterocycles. The summed E-state index contributed by atoms with van der Waals surface area (Å²) >= 11 is 1.60. The summed E-state index contributed by atoms with van der Waals surface area (Å²) in [5.74, 6) is 0. The lowest BCUT2D eigenvalue weighted by Crippen LogP contribution is -2.35. The predicted molar refractivity (Wildman–Crippen MR) is 114 cm³/mol. The molecule has 0 saturated carbocycles. The fourth-order valence-corrected chi connectivity index (χ4v) is 6.08. The molecule has 146 valence electrons. The van der Waals surface area contributed by atoms with Crippen LogP contribution in [0.2, 0.25) is 0 Å². The van der Waals surface area contributed by atoms with Crippen molar-refractivity contribution in [2.75, 3.05) is 6.54 Å². The molecule has 0 bridgehead atoms. The molecule has 0 amide bonds. The summed E-state index contributed by atoms with van der Waals surface area (Å²) in [4.78, 5) is 6.19. The Kier molecular flexibility index (Phi) is 5.36. The molecular formula is C22H24N2O2S2. The molecule has 2 aromatic carbocycles. The predicted octanol–water partition coefficient (Wildman–Crippen LogP) is 4.82. The Balaban J connectivity index is 1.57. The van der Waals surface area contributed by atoms with Gasteiger partial charge in [-0.2, -0.15) is 4.31 Å². The van der Waals surface area contributed by atoms with E-state index in [2.05, 4.69) is 38.1 Å². The smallest absolute Gasteiger partial charge is 0.241 e. The first-order valence-corrected chi connectivity index (χ1v) is 11.9. The Morgan fingerprint density at radius 2 is 1.79 bits per heavy atom. The summed E-state index contributed by atoms with van der Waals surface area (Å²) in [7, 11) is -3.49. The molecule has 6 heteroatoms. The molecule has 4 nitrogen and oxygen atoms in total. The molecule has 3 aromatic rings. The number of rotatable bonds is 5. The van der Waals surface area contributed by atoms with Crippen LogP contribution in [0.15, 0.2) is 53.4 Å². The molecule has 0 atom stereocenters. The standard InChI is InChI=1S/C22H24N2O2S2/c1-3-4-17-7-11-19(12-8-17)28(25,26)24-14-13-20-21(15-24)27-22(23-20)18-9-5-16(2)6-10-18/h5-12H,3-4,13-15H2,1-2H3. The molecule has 1 aliphatic heterocycles. The van der Waals surface area contributed by atoms with E-state index in [1.165, 1.54) is 11.1 Å². The number of aromatic nitrogens is 1. The van der Waals surface area contributed by atoms with Crippen LogP contribution in [0.1, 0.15) is 35.0 Å². The third-order valence-corrected chi connectivity index (χ3v) is 8.09. The second kappa shape index (κ2) is 7.78. The first-order valence-electron chi connectivity index (χ1n) is 9.62. The summed E-state index contributed by atoms with van der Waals surface area (Å²) in [6, 6.07) is 15.6. The highest BCUT2D eigenvalue weighted by Crippen LogP contribution is 2.33. The molecular weight excluding hydrogens is 388 g/mol. The van der Waals surface area contributed by atoms with Crippen molar-refractivity contribution >= 4 is 21.4 Å². The normalized spacial score (nSPS) is 14.8. The highest BCUT2D eigenvalue weighted by molar-refractivity contribution is 7.89. The van der Waals surface area contributed by atoms with Crippen molar-refractivity contribution in [1.29, 1.82) is 0 Å². The van der Waals surface area contributed by atoms with Gasteiger partial charge in [-0.3, -0.25) is 0 Å². The Labute approximate surface area is 170 Å². The maximum absolute atomic E-state index is 13.1. The van der Waals surface area contributed by atoms with Crippen LogP contribution in [0, 0.1) is 6.92 Å². The maximum Gasteiger partial charge on any atom is 0.243 e. The highest BCUT2D eigenvalue weighted by Gasteiger charge is 2.30. The molecule has 28 heavy (non-hydrogen) atoms. The summed E-state index contributed by atoms with van der Waals surface area (Å²) in [6.07, 6.45) is 2.68. The molecule has 0 fully saturated rings. The third-order valence-electron chi connectivity index (χ3n) is 5.09. The number of hydrogen-bond acceptors (Lipinski definition) is 4. The molecule has 0 N–H and O–H groups in total. The van der Waals surface area contributed by atoms with Crippen LogP contribution >= 0.6 is 11.3 Å². The molecule has 1 aliphatic rings. The minimum atomic E-state index is -3.49. The number of fused-ring (bicyclic) bond motifs is 1. The zero-order chi connectivity index (χ0) is 19.7. The topological polar surface area (TPSA) is 50.3 Å². The van der Waals surface area contributed by atoms with Gasteiger partial charge in [0, 0.05) is 23.4 Å². The van der Waals surface area contributed by atoms with Crippen LogP contribution in [-0.4, -0.2) is 24.3 Å². The van der Waals surface area contributed by atoms with E-state index < -0.39 is 10.0 Å². The monoisotopic (exact) mass is 412 g/mol. The van der Waals surface area contributed by atoms with Gasteiger partial charge in [-0.25, -0.2) is 13.4 Å². The van der Waals surface area contributed by atoms with Gasteiger partial charge in [-0.05, 0) is 31.0 Å². The van der Waals surface area contributed by atoms with Crippen molar-refractivity contribution < 1.29 is 8.42 Å². The molecule has 1 aromatic heterocycles. The quantitative estimate of drug-likeness (QED) is 0.604. The average molecular weight is 413 g/mol. The molecule has 4 rings (SSSR count). The summed E-state index contributed by atoms with van der Waals surface area (Å²) in [6.45, 7) is 5.06. The van der Waals surface area contributed by atoms with E-state index in [4.69, 9.17) is 4.98 Å². The number of sulfonamides is 1. The number of benzene rings is 2. The lowest BCUT2D eigenvalue weighted by atomic mass is 10.1. The summed E-state index contributed by atoms with van der Waals surface area (Å²) in [5.41, 5.74) is 4.51. The maximum atomic E-state index is 13.1. The van der Waals surface area contributed by atoms with Crippen molar-refractivity contribution in [3.8, 4) is 10.6 Å². The van der Waals surface area contributed by atoms with Crippen molar-refractivity contribution in [2.45, 2.75) is 44.6 Å². The first-order chi connectivity index (χ1) is 13.5. The van der Waals surface area contributed by atoms with E-state index in [-0.39, 0.29) is 0 Å². The lowest BCUT2D eigenvalue weighted by molar-refractivity contribution is 0.393. The SMILES string of the molecule is CCCc1ccc(S(=O)(=O)N2CCc3nc(-c4ccc(C)cc4)sc3C2)cc1. The van der Waals surface area contributed by atoms with Gasteiger partial charge in [-0.15, -0.1) is 11.3 Å². The van der Waals surface area contributed by atoms with Crippen LogP contribution in [0.5, 0.6) is 0 Å². The van der Waals surface area contributed by atoms with Gasteiger partial charge in [0.2, 0.25) is 10.0 Å². The van der Waals surface area contributed by atoms with E-state index in [1.54, 1.807) is 27.8 Å². The van der Waals surface area contributed by atoms with Crippen LogP contribution in [-0.2, 0) is 29.4 Å². The zero-order valence-electron chi connectivity index (χ0n) is 16.2. The molecule has 0 spiro atoms. The fourth-order valence-electron chi connectivity index (χ4n) is 3.46. The first kappa shape index (κ1) is 19.3. The van der Waals surface area contributed by atoms with Gasteiger partial charge < -0.3 is 0 Å². The van der Waals surface area contributed by atoms with Crippen molar-refractivity contribution in [2.24, 2.45) is 0 Å². The molecule has 0 unspecified atom stereocenters. The molecule has 0 radical (unpaired) electrons. The van der Waals surface area contributed by atoms with E-state index >= 15 is 0 Å². The van der Waals surface area contributed by atoms with E-state index in [9.17, 15) is 8.42 Å². The largest absolute Gasteiger partial charge is 0.243 e. The Morgan fingerprint density at radius 1 is 1.07 bits per heavy atom. The zero-order valence-corrected chi connectivity index (χ0v) is 17.8. The number of hydrogen-bond donors (Lipinski definition) is 0. The van der Waals surface area contributed by atoms with E-state index in [1.807, 2.05) is 12.1 Å². The fraction of sp³-hybridized carbons (Fsp3) is 0.318. The Hall–Kier alpha value is -2.02. The van der Waals surface area contributed by atoms with Crippen LogP contribution in [0.25, 0.3) is 10.6 Å². The second-order valence-electron chi connectivity index (χ2n) is 7.24. The van der Waals surface area contributed by atoms with Gasteiger partial charge in [0.05, 0.1) is 17.1 Å².